The Morgan fingerprint density at radius 1 is 1.14 bits per heavy atom. The van der Waals surface area contributed by atoms with Crippen LogP contribution in [0.1, 0.15) is 73.2 Å². The molecule has 0 unspecified atom stereocenters. The molecule has 0 radical (unpaired) electrons. The van der Waals surface area contributed by atoms with E-state index in [2.05, 4.69) is 16.5 Å². The van der Waals surface area contributed by atoms with Gasteiger partial charge in [0.25, 0.3) is 5.91 Å². The number of hydrogen-bond acceptors (Lipinski definition) is 3. The van der Waals surface area contributed by atoms with Gasteiger partial charge < -0.3 is 9.84 Å². The minimum absolute atomic E-state index is 0.0710. The van der Waals surface area contributed by atoms with Crippen molar-refractivity contribution in [2.75, 3.05) is 6.54 Å². The quantitative estimate of drug-likeness (QED) is 0.680. The second-order valence-corrected chi connectivity index (χ2v) is 6.11. The molecule has 1 amide bonds. The van der Waals surface area contributed by atoms with Crippen molar-refractivity contribution in [3.8, 4) is 0 Å². The molecule has 0 atom stereocenters. The number of nitrogens with one attached hydrogen (secondary N) is 1. The fourth-order valence-corrected chi connectivity index (χ4v) is 3.29. The number of carbonyl (C=O) groups is 1. The molecular formula is C17H24N2O2. The van der Waals surface area contributed by atoms with Crippen molar-refractivity contribution in [2.45, 2.75) is 64.2 Å². The van der Waals surface area contributed by atoms with E-state index in [0.717, 1.165) is 43.4 Å². The van der Waals surface area contributed by atoms with Crippen LogP contribution in [-0.2, 0) is 12.8 Å². The lowest BCUT2D eigenvalue weighted by Crippen LogP contribution is -2.26. The summed E-state index contributed by atoms with van der Waals surface area (Å²) in [7, 11) is 0. The van der Waals surface area contributed by atoms with Gasteiger partial charge in [-0.3, -0.25) is 4.79 Å². The van der Waals surface area contributed by atoms with Crippen molar-refractivity contribution < 1.29 is 9.32 Å². The summed E-state index contributed by atoms with van der Waals surface area (Å²) in [5.41, 5.74) is 3.05. The van der Waals surface area contributed by atoms with Crippen LogP contribution in [0.25, 0.3) is 0 Å². The molecular weight excluding hydrogens is 264 g/mol. The highest BCUT2D eigenvalue weighted by molar-refractivity contribution is 5.93. The summed E-state index contributed by atoms with van der Waals surface area (Å²) in [6.07, 6.45) is 13.6. The van der Waals surface area contributed by atoms with Crippen molar-refractivity contribution in [3.63, 3.8) is 0 Å². The van der Waals surface area contributed by atoms with Gasteiger partial charge in [-0.1, -0.05) is 23.2 Å². The van der Waals surface area contributed by atoms with Crippen molar-refractivity contribution in [1.82, 2.24) is 10.5 Å². The van der Waals surface area contributed by atoms with Gasteiger partial charge in [-0.25, -0.2) is 0 Å². The van der Waals surface area contributed by atoms with Gasteiger partial charge >= 0.3 is 0 Å². The monoisotopic (exact) mass is 288 g/mol. The lowest BCUT2D eigenvalue weighted by Gasteiger charge is -2.12. The minimum Gasteiger partial charge on any atom is -0.360 e. The summed E-state index contributed by atoms with van der Waals surface area (Å²) in [6.45, 7) is 0.701. The van der Waals surface area contributed by atoms with Crippen LogP contribution in [0.5, 0.6) is 0 Å². The summed E-state index contributed by atoms with van der Waals surface area (Å²) >= 11 is 0. The minimum atomic E-state index is -0.0710. The number of carbonyl (C=O) groups excluding carboxylic acids is 1. The van der Waals surface area contributed by atoms with E-state index in [1.54, 1.807) is 0 Å². The molecule has 0 fully saturated rings. The fraction of sp³-hybridized carbons (Fsp3) is 0.647. The average molecular weight is 288 g/mol. The van der Waals surface area contributed by atoms with Crippen molar-refractivity contribution in [2.24, 2.45) is 0 Å². The highest BCUT2D eigenvalue weighted by atomic mass is 16.5. The van der Waals surface area contributed by atoms with Gasteiger partial charge in [0.2, 0.25) is 0 Å². The van der Waals surface area contributed by atoms with E-state index >= 15 is 0 Å². The molecule has 0 aliphatic heterocycles. The summed E-state index contributed by atoms with van der Waals surface area (Å²) in [4.78, 5) is 12.3. The first-order valence-corrected chi connectivity index (χ1v) is 8.28. The van der Waals surface area contributed by atoms with Crippen LogP contribution in [-0.4, -0.2) is 17.6 Å². The number of nitrogens with zero attached hydrogens (tertiary/aromatic N) is 1. The normalized spacial score (nSPS) is 18.6. The van der Waals surface area contributed by atoms with Crippen molar-refractivity contribution >= 4 is 5.91 Å². The molecule has 0 spiro atoms. The maximum Gasteiger partial charge on any atom is 0.273 e. The molecule has 2 aliphatic carbocycles. The maximum atomic E-state index is 12.3. The number of rotatable bonds is 4. The molecule has 0 bridgehead atoms. The van der Waals surface area contributed by atoms with E-state index in [1.165, 1.54) is 37.7 Å². The Morgan fingerprint density at radius 3 is 2.86 bits per heavy atom. The Balaban J connectivity index is 1.55. The fourth-order valence-electron chi connectivity index (χ4n) is 3.29. The zero-order valence-electron chi connectivity index (χ0n) is 12.6. The summed E-state index contributed by atoms with van der Waals surface area (Å²) in [6, 6.07) is 0. The largest absolute Gasteiger partial charge is 0.360 e. The van der Waals surface area contributed by atoms with Crippen LogP contribution < -0.4 is 5.32 Å². The smallest absolute Gasteiger partial charge is 0.273 e. The number of hydrogen-bond donors (Lipinski definition) is 1. The Bertz CT molecular complexity index is 531. The molecule has 1 aromatic heterocycles. The number of aromatic nitrogens is 1. The van der Waals surface area contributed by atoms with Gasteiger partial charge in [0.05, 0.1) is 0 Å². The molecule has 0 aromatic carbocycles. The lowest BCUT2D eigenvalue weighted by molar-refractivity contribution is 0.0944. The third-order valence-electron chi connectivity index (χ3n) is 4.53. The topological polar surface area (TPSA) is 55.1 Å². The van der Waals surface area contributed by atoms with E-state index in [0.29, 0.717) is 12.2 Å². The molecule has 21 heavy (non-hydrogen) atoms. The Labute approximate surface area is 126 Å². The maximum absolute atomic E-state index is 12.3. The Kier molecular flexibility index (Phi) is 4.73. The van der Waals surface area contributed by atoms with Crippen LogP contribution in [0.15, 0.2) is 16.2 Å². The van der Waals surface area contributed by atoms with E-state index in [-0.39, 0.29) is 5.91 Å². The number of aryl methyl sites for hydroxylation is 1. The molecule has 1 aromatic rings. The van der Waals surface area contributed by atoms with Crippen LogP contribution in [0, 0.1) is 0 Å². The molecule has 4 heteroatoms. The van der Waals surface area contributed by atoms with Gasteiger partial charge in [0.15, 0.2) is 5.69 Å². The lowest BCUT2D eigenvalue weighted by atomic mass is 9.97. The molecule has 3 rings (SSSR count). The van der Waals surface area contributed by atoms with Gasteiger partial charge in [-0.15, -0.1) is 0 Å². The van der Waals surface area contributed by atoms with E-state index in [9.17, 15) is 4.79 Å². The number of fused-ring (bicyclic) bond motifs is 1. The molecule has 0 saturated carbocycles. The van der Waals surface area contributed by atoms with Crippen molar-refractivity contribution in [1.29, 1.82) is 0 Å². The van der Waals surface area contributed by atoms with Gasteiger partial charge in [-0.05, 0) is 51.4 Å². The first kappa shape index (κ1) is 14.4. The van der Waals surface area contributed by atoms with Gasteiger partial charge in [0, 0.05) is 18.5 Å². The average Bonchev–Trinajstić information content (AvgIpc) is 2.77. The first-order valence-electron chi connectivity index (χ1n) is 8.28. The second kappa shape index (κ2) is 6.92. The zero-order chi connectivity index (χ0) is 14.5. The molecule has 2 aliphatic rings. The van der Waals surface area contributed by atoms with E-state index in [1.807, 2.05) is 0 Å². The van der Waals surface area contributed by atoms with E-state index in [4.69, 9.17) is 4.52 Å². The summed E-state index contributed by atoms with van der Waals surface area (Å²) < 4.78 is 5.36. The highest BCUT2D eigenvalue weighted by Gasteiger charge is 2.22. The third kappa shape index (κ3) is 3.55. The van der Waals surface area contributed by atoms with E-state index < -0.39 is 0 Å². The predicted molar refractivity (Wildman–Crippen MR) is 81.3 cm³/mol. The van der Waals surface area contributed by atoms with Crippen LogP contribution >= 0.6 is 0 Å². The molecule has 4 nitrogen and oxygen atoms in total. The molecule has 1 heterocycles. The van der Waals surface area contributed by atoms with Gasteiger partial charge in [0.1, 0.15) is 5.76 Å². The van der Waals surface area contributed by atoms with Crippen molar-refractivity contribution in [3.05, 3.63) is 28.7 Å². The molecule has 114 valence electrons. The van der Waals surface area contributed by atoms with Crippen LogP contribution in [0.3, 0.4) is 0 Å². The standard InChI is InChI=1S/C17H24N2O2/c20-17(18-12-11-13-7-3-1-4-8-13)16-14-9-5-2-6-10-15(14)21-19-16/h7H,1-6,8-12H2,(H,18,20). The number of amides is 1. The first-order chi connectivity index (χ1) is 10.3. The molecule has 1 N–H and O–H groups in total. The molecule has 0 saturated heterocycles. The van der Waals surface area contributed by atoms with Crippen LogP contribution in [0.2, 0.25) is 0 Å². The summed E-state index contributed by atoms with van der Waals surface area (Å²) in [5.74, 6) is 0.853. The predicted octanol–water partition coefficient (Wildman–Crippen LogP) is 3.56. The zero-order valence-corrected chi connectivity index (χ0v) is 12.6. The SMILES string of the molecule is O=C(NCCC1=CCCCC1)c1noc2c1CCCCC2. The Hall–Kier alpha value is -1.58. The second-order valence-electron chi connectivity index (χ2n) is 6.11. The summed E-state index contributed by atoms with van der Waals surface area (Å²) in [5, 5.41) is 7.00. The third-order valence-corrected chi connectivity index (χ3v) is 4.53. The highest BCUT2D eigenvalue weighted by Crippen LogP contribution is 2.23. The number of allylic oxidation sites excluding steroid dienone is 1. The van der Waals surface area contributed by atoms with Gasteiger partial charge in [-0.2, -0.15) is 0 Å². The Morgan fingerprint density at radius 2 is 2.00 bits per heavy atom. The van der Waals surface area contributed by atoms with Crippen LogP contribution in [0.4, 0.5) is 0 Å².